The monoisotopic (exact) mass is 345 g/mol. The molecule has 5 nitrogen and oxygen atoms in total. The van der Waals surface area contributed by atoms with Gasteiger partial charge in [-0.3, -0.25) is 0 Å². The molecule has 3 rings (SSSR count). The molecule has 2 fully saturated rings. The number of nitrogens with zero attached hydrogens (tertiary/aromatic N) is 1. The SMILES string of the molecule is C[C@@H]1C[C@@H](CNC(=O)Nc2ccccc2N(C)C2CCCC2)CCO1. The number of benzene rings is 1. The van der Waals surface area contributed by atoms with E-state index in [1.165, 1.54) is 25.7 Å². The summed E-state index contributed by atoms with van der Waals surface area (Å²) in [6.45, 7) is 3.60. The van der Waals surface area contributed by atoms with Crippen molar-refractivity contribution in [2.75, 3.05) is 30.4 Å². The van der Waals surface area contributed by atoms with Crippen molar-refractivity contribution < 1.29 is 9.53 Å². The number of nitrogens with one attached hydrogen (secondary N) is 2. The van der Waals surface area contributed by atoms with Crippen LogP contribution in [0.4, 0.5) is 16.2 Å². The van der Waals surface area contributed by atoms with E-state index >= 15 is 0 Å². The van der Waals surface area contributed by atoms with Gasteiger partial charge in [0.1, 0.15) is 0 Å². The summed E-state index contributed by atoms with van der Waals surface area (Å²) >= 11 is 0. The van der Waals surface area contributed by atoms with E-state index in [2.05, 4.69) is 35.6 Å². The molecule has 25 heavy (non-hydrogen) atoms. The average Bonchev–Trinajstić information content (AvgIpc) is 3.15. The van der Waals surface area contributed by atoms with Gasteiger partial charge in [0.15, 0.2) is 0 Å². The summed E-state index contributed by atoms with van der Waals surface area (Å²) in [5, 5.41) is 6.08. The van der Waals surface area contributed by atoms with Crippen molar-refractivity contribution >= 4 is 17.4 Å². The van der Waals surface area contributed by atoms with Gasteiger partial charge in [0.2, 0.25) is 0 Å². The largest absolute Gasteiger partial charge is 0.378 e. The molecule has 0 spiro atoms. The molecule has 5 heteroatoms. The average molecular weight is 345 g/mol. The molecule has 0 radical (unpaired) electrons. The normalized spacial score (nSPS) is 24.1. The van der Waals surface area contributed by atoms with Crippen LogP contribution in [0.2, 0.25) is 0 Å². The summed E-state index contributed by atoms with van der Waals surface area (Å²) in [4.78, 5) is 14.7. The number of para-hydroxylation sites is 2. The fraction of sp³-hybridized carbons (Fsp3) is 0.650. The first-order valence-corrected chi connectivity index (χ1v) is 9.62. The molecule has 1 aromatic rings. The van der Waals surface area contributed by atoms with Crippen molar-refractivity contribution in [3.05, 3.63) is 24.3 Å². The molecule has 138 valence electrons. The van der Waals surface area contributed by atoms with Crippen LogP contribution in [-0.4, -0.2) is 38.4 Å². The number of anilines is 2. The topological polar surface area (TPSA) is 53.6 Å². The molecule has 1 saturated carbocycles. The Hall–Kier alpha value is -1.75. The lowest BCUT2D eigenvalue weighted by Crippen LogP contribution is -2.37. The van der Waals surface area contributed by atoms with E-state index in [0.29, 0.717) is 24.6 Å². The van der Waals surface area contributed by atoms with Crippen molar-refractivity contribution in [1.29, 1.82) is 0 Å². The Balaban J connectivity index is 1.55. The zero-order chi connectivity index (χ0) is 17.6. The summed E-state index contributed by atoms with van der Waals surface area (Å²) < 4.78 is 5.57. The second-order valence-electron chi connectivity index (χ2n) is 7.47. The molecule has 2 aliphatic rings. The first kappa shape index (κ1) is 18.1. The van der Waals surface area contributed by atoms with E-state index in [-0.39, 0.29) is 6.03 Å². The van der Waals surface area contributed by atoms with Gasteiger partial charge in [0, 0.05) is 26.2 Å². The summed E-state index contributed by atoms with van der Waals surface area (Å²) in [5.41, 5.74) is 1.99. The number of hydrogen-bond donors (Lipinski definition) is 2. The molecule has 0 unspecified atom stereocenters. The maximum atomic E-state index is 12.4. The predicted octanol–water partition coefficient (Wildman–Crippen LogP) is 4.00. The van der Waals surface area contributed by atoms with Gasteiger partial charge in [-0.25, -0.2) is 4.79 Å². The molecule has 2 N–H and O–H groups in total. The first-order chi connectivity index (χ1) is 12.1. The minimum absolute atomic E-state index is 0.119. The number of rotatable bonds is 5. The third-order valence-electron chi connectivity index (χ3n) is 5.55. The maximum absolute atomic E-state index is 12.4. The van der Waals surface area contributed by atoms with Crippen LogP contribution in [0.25, 0.3) is 0 Å². The first-order valence-electron chi connectivity index (χ1n) is 9.62. The van der Waals surface area contributed by atoms with Crippen LogP contribution >= 0.6 is 0 Å². The van der Waals surface area contributed by atoms with Crippen molar-refractivity contribution in [2.24, 2.45) is 5.92 Å². The Kier molecular flexibility index (Phi) is 6.19. The number of carbonyl (C=O) groups excluding carboxylic acids is 1. The molecule has 0 aromatic heterocycles. The second-order valence-corrected chi connectivity index (χ2v) is 7.47. The number of urea groups is 1. The summed E-state index contributed by atoms with van der Waals surface area (Å²) in [5.74, 6) is 0.505. The van der Waals surface area contributed by atoms with Crippen molar-refractivity contribution in [1.82, 2.24) is 5.32 Å². The third-order valence-corrected chi connectivity index (χ3v) is 5.55. The molecule has 1 saturated heterocycles. The van der Waals surface area contributed by atoms with Crippen molar-refractivity contribution in [3.8, 4) is 0 Å². The highest BCUT2D eigenvalue weighted by Gasteiger charge is 2.22. The Bertz CT molecular complexity index is 572. The fourth-order valence-corrected chi connectivity index (χ4v) is 4.06. The van der Waals surface area contributed by atoms with E-state index in [1.54, 1.807) is 0 Å². The van der Waals surface area contributed by atoms with Crippen LogP contribution in [-0.2, 0) is 4.74 Å². The Morgan fingerprint density at radius 1 is 1.24 bits per heavy atom. The lowest BCUT2D eigenvalue weighted by molar-refractivity contribution is 0.00354. The van der Waals surface area contributed by atoms with Crippen molar-refractivity contribution in [3.63, 3.8) is 0 Å². The van der Waals surface area contributed by atoms with Crippen molar-refractivity contribution in [2.45, 2.75) is 57.6 Å². The lowest BCUT2D eigenvalue weighted by atomic mass is 9.96. The van der Waals surface area contributed by atoms with Gasteiger partial charge in [0.05, 0.1) is 17.5 Å². The predicted molar refractivity (Wildman–Crippen MR) is 102 cm³/mol. The summed E-state index contributed by atoms with van der Waals surface area (Å²) in [6, 6.07) is 8.54. The minimum Gasteiger partial charge on any atom is -0.378 e. The molecule has 2 amide bonds. The molecule has 0 bridgehead atoms. The highest BCUT2D eigenvalue weighted by molar-refractivity contribution is 5.93. The van der Waals surface area contributed by atoms with Gasteiger partial charge in [-0.2, -0.15) is 0 Å². The highest BCUT2D eigenvalue weighted by atomic mass is 16.5. The van der Waals surface area contributed by atoms with Gasteiger partial charge in [-0.15, -0.1) is 0 Å². The molecular weight excluding hydrogens is 314 g/mol. The molecule has 1 aliphatic carbocycles. The highest BCUT2D eigenvalue weighted by Crippen LogP contribution is 2.31. The van der Waals surface area contributed by atoms with E-state index < -0.39 is 0 Å². The van der Waals surface area contributed by atoms with Gasteiger partial charge in [-0.05, 0) is 50.7 Å². The zero-order valence-electron chi connectivity index (χ0n) is 15.5. The van der Waals surface area contributed by atoms with Crippen LogP contribution in [0, 0.1) is 5.92 Å². The number of ether oxygens (including phenoxy) is 1. The molecule has 1 heterocycles. The minimum atomic E-state index is -0.119. The number of amides is 2. The fourth-order valence-electron chi connectivity index (χ4n) is 4.06. The van der Waals surface area contributed by atoms with E-state index in [9.17, 15) is 4.79 Å². The van der Waals surface area contributed by atoms with E-state index in [1.807, 2.05) is 18.2 Å². The lowest BCUT2D eigenvalue weighted by Gasteiger charge is -2.29. The second kappa shape index (κ2) is 8.56. The van der Waals surface area contributed by atoms with Gasteiger partial charge in [-0.1, -0.05) is 25.0 Å². The Morgan fingerprint density at radius 2 is 2.00 bits per heavy atom. The smallest absolute Gasteiger partial charge is 0.319 e. The van der Waals surface area contributed by atoms with Crippen LogP contribution in [0.3, 0.4) is 0 Å². The van der Waals surface area contributed by atoms with Crippen LogP contribution in [0.1, 0.15) is 45.4 Å². The third kappa shape index (κ3) is 4.88. The molecule has 1 aliphatic heterocycles. The van der Waals surface area contributed by atoms with Gasteiger partial charge in [0.25, 0.3) is 0 Å². The quantitative estimate of drug-likeness (QED) is 0.848. The van der Waals surface area contributed by atoms with Crippen LogP contribution in [0.15, 0.2) is 24.3 Å². The van der Waals surface area contributed by atoms with E-state index in [0.717, 1.165) is 30.8 Å². The molecule has 2 atom stereocenters. The van der Waals surface area contributed by atoms with Crippen LogP contribution < -0.4 is 15.5 Å². The Morgan fingerprint density at radius 3 is 2.76 bits per heavy atom. The Labute approximate surface area is 151 Å². The zero-order valence-corrected chi connectivity index (χ0v) is 15.5. The van der Waals surface area contributed by atoms with Gasteiger partial charge < -0.3 is 20.3 Å². The standard InChI is InChI=1S/C20H31N3O2/c1-15-13-16(11-12-25-15)14-21-20(24)22-18-9-5-6-10-19(18)23(2)17-7-3-4-8-17/h5-6,9-10,15-17H,3-4,7-8,11-14H2,1-2H3,(H2,21,22,24)/t15-,16+/m1/s1. The van der Waals surface area contributed by atoms with Gasteiger partial charge >= 0.3 is 6.03 Å². The molecular formula is C20H31N3O2. The number of hydrogen-bond acceptors (Lipinski definition) is 3. The van der Waals surface area contributed by atoms with Crippen LogP contribution in [0.5, 0.6) is 0 Å². The summed E-state index contributed by atoms with van der Waals surface area (Å²) in [7, 11) is 2.14. The summed E-state index contributed by atoms with van der Waals surface area (Å²) in [6.07, 6.45) is 7.40. The maximum Gasteiger partial charge on any atom is 0.319 e. The van der Waals surface area contributed by atoms with E-state index in [4.69, 9.17) is 4.74 Å². The molecule has 1 aromatic carbocycles. The number of carbonyl (C=O) groups is 1.